The van der Waals surface area contributed by atoms with E-state index in [1.54, 1.807) is 16.9 Å². The Morgan fingerprint density at radius 2 is 2.19 bits per heavy atom. The lowest BCUT2D eigenvalue weighted by Gasteiger charge is -2.17. The zero-order chi connectivity index (χ0) is 15.5. The van der Waals surface area contributed by atoms with Gasteiger partial charge in [-0.05, 0) is 38.2 Å². The molecular formula is C13H19N5O2S. The molecule has 2 aromatic rings. The van der Waals surface area contributed by atoms with Crippen molar-refractivity contribution in [2.24, 2.45) is 0 Å². The minimum absolute atomic E-state index is 0.0414. The fourth-order valence-electron chi connectivity index (χ4n) is 1.95. The fourth-order valence-corrected chi connectivity index (χ4v) is 2.70. The smallest absolute Gasteiger partial charge is 0.240 e. The van der Waals surface area contributed by atoms with E-state index in [4.69, 9.17) is 5.73 Å². The number of anilines is 2. The number of hydrogen-bond donors (Lipinski definition) is 3. The molecule has 21 heavy (non-hydrogen) atoms. The predicted octanol–water partition coefficient (Wildman–Crippen LogP) is 0.874. The van der Waals surface area contributed by atoms with Crippen LogP contribution >= 0.6 is 0 Å². The third-order valence-electron chi connectivity index (χ3n) is 3.03. The molecule has 0 aliphatic rings. The number of nitrogens with zero attached hydrogens (tertiary/aromatic N) is 2. The summed E-state index contributed by atoms with van der Waals surface area (Å²) in [6.07, 6.45) is 3.57. The fraction of sp³-hybridized carbons (Fsp3) is 0.308. The van der Waals surface area contributed by atoms with E-state index in [9.17, 15) is 8.42 Å². The Balaban J connectivity index is 2.17. The average molecular weight is 309 g/mol. The minimum atomic E-state index is -3.49. The number of sulfonamides is 1. The molecular weight excluding hydrogens is 290 g/mol. The number of nitrogens with two attached hydrogens (primary N) is 1. The van der Waals surface area contributed by atoms with E-state index in [0.29, 0.717) is 17.9 Å². The summed E-state index contributed by atoms with van der Waals surface area (Å²) in [5.74, 6) is 0. The van der Waals surface area contributed by atoms with Crippen LogP contribution in [0.3, 0.4) is 0 Å². The van der Waals surface area contributed by atoms with Crippen LogP contribution in [0.15, 0.2) is 41.6 Å². The van der Waals surface area contributed by atoms with E-state index in [-0.39, 0.29) is 10.9 Å². The van der Waals surface area contributed by atoms with E-state index in [1.807, 2.05) is 19.2 Å². The molecule has 7 nitrogen and oxygen atoms in total. The molecule has 4 N–H and O–H groups in total. The lowest BCUT2D eigenvalue weighted by atomic mass is 10.2. The predicted molar refractivity (Wildman–Crippen MR) is 82.4 cm³/mol. The number of rotatable bonds is 6. The summed E-state index contributed by atoms with van der Waals surface area (Å²) >= 11 is 0. The molecule has 0 radical (unpaired) electrons. The van der Waals surface area contributed by atoms with Crippen LogP contribution in [0.5, 0.6) is 0 Å². The van der Waals surface area contributed by atoms with Gasteiger partial charge in [0.1, 0.15) is 0 Å². The second kappa shape index (κ2) is 6.15. The van der Waals surface area contributed by atoms with E-state index >= 15 is 0 Å². The molecule has 0 aliphatic carbocycles. The lowest BCUT2D eigenvalue weighted by Crippen LogP contribution is -2.23. The van der Waals surface area contributed by atoms with Crippen molar-refractivity contribution in [2.45, 2.75) is 24.4 Å². The first kappa shape index (κ1) is 15.3. The Morgan fingerprint density at radius 1 is 1.43 bits per heavy atom. The van der Waals surface area contributed by atoms with Gasteiger partial charge in [0.25, 0.3) is 0 Å². The number of aromatic nitrogens is 2. The Labute approximate surface area is 124 Å². The normalized spacial score (nSPS) is 13.0. The van der Waals surface area contributed by atoms with E-state index < -0.39 is 10.0 Å². The van der Waals surface area contributed by atoms with Crippen molar-refractivity contribution in [1.29, 1.82) is 0 Å². The molecule has 1 aromatic carbocycles. The van der Waals surface area contributed by atoms with Crippen LogP contribution in [0.25, 0.3) is 0 Å². The van der Waals surface area contributed by atoms with Gasteiger partial charge < -0.3 is 11.1 Å². The van der Waals surface area contributed by atoms with Crippen LogP contribution in [0, 0.1) is 0 Å². The maximum Gasteiger partial charge on any atom is 0.240 e. The zero-order valence-corrected chi connectivity index (χ0v) is 12.8. The van der Waals surface area contributed by atoms with Crippen molar-refractivity contribution >= 4 is 21.4 Å². The van der Waals surface area contributed by atoms with Crippen LogP contribution < -0.4 is 15.8 Å². The summed E-state index contributed by atoms with van der Waals surface area (Å²) in [7, 11) is -2.11. The number of nitrogens with one attached hydrogen (secondary N) is 2. The van der Waals surface area contributed by atoms with Gasteiger partial charge in [0, 0.05) is 18.4 Å². The van der Waals surface area contributed by atoms with Gasteiger partial charge in [-0.2, -0.15) is 5.10 Å². The molecule has 114 valence electrons. The Morgan fingerprint density at radius 3 is 2.81 bits per heavy atom. The van der Waals surface area contributed by atoms with Crippen molar-refractivity contribution in [3.05, 3.63) is 36.7 Å². The van der Waals surface area contributed by atoms with Crippen molar-refractivity contribution in [3.63, 3.8) is 0 Å². The number of nitrogen functional groups attached to an aromatic ring is 1. The summed E-state index contributed by atoms with van der Waals surface area (Å²) < 4.78 is 27.7. The first-order valence-electron chi connectivity index (χ1n) is 6.49. The van der Waals surface area contributed by atoms with E-state index in [1.165, 1.54) is 19.2 Å². The summed E-state index contributed by atoms with van der Waals surface area (Å²) in [4.78, 5) is 0.174. The maximum absolute atomic E-state index is 11.8. The highest BCUT2D eigenvalue weighted by molar-refractivity contribution is 7.89. The van der Waals surface area contributed by atoms with Crippen molar-refractivity contribution < 1.29 is 8.42 Å². The lowest BCUT2D eigenvalue weighted by molar-refractivity contribution is 0.561. The molecule has 0 saturated carbocycles. The molecule has 0 fully saturated rings. The number of benzene rings is 1. The summed E-state index contributed by atoms with van der Waals surface area (Å²) in [6.45, 7) is 2.62. The first-order chi connectivity index (χ1) is 9.92. The monoisotopic (exact) mass is 309 g/mol. The summed E-state index contributed by atoms with van der Waals surface area (Å²) in [5, 5.41) is 7.34. The Kier molecular flexibility index (Phi) is 4.49. The first-order valence-corrected chi connectivity index (χ1v) is 7.98. The minimum Gasteiger partial charge on any atom is -0.397 e. The van der Waals surface area contributed by atoms with Gasteiger partial charge >= 0.3 is 0 Å². The van der Waals surface area contributed by atoms with Gasteiger partial charge in [-0.25, -0.2) is 13.1 Å². The van der Waals surface area contributed by atoms with Crippen LogP contribution in [0.4, 0.5) is 11.4 Å². The van der Waals surface area contributed by atoms with Crippen molar-refractivity contribution in [2.75, 3.05) is 18.1 Å². The second-order valence-electron chi connectivity index (χ2n) is 4.73. The maximum atomic E-state index is 11.8. The van der Waals surface area contributed by atoms with Crippen LogP contribution in [-0.2, 0) is 16.6 Å². The van der Waals surface area contributed by atoms with Gasteiger partial charge in [0.05, 0.1) is 22.8 Å². The van der Waals surface area contributed by atoms with Gasteiger partial charge in [-0.3, -0.25) is 4.68 Å². The molecule has 1 unspecified atom stereocenters. The molecule has 0 aliphatic heterocycles. The van der Waals surface area contributed by atoms with E-state index in [0.717, 1.165) is 0 Å². The topological polar surface area (TPSA) is 102 Å². The molecule has 1 heterocycles. The average Bonchev–Trinajstić information content (AvgIpc) is 2.93. The standard InChI is InChI=1S/C13H19N5O2S/c1-10(9-18-7-3-6-16-18)17-13-8-11(4-5-12(13)14)21(19,20)15-2/h3-8,10,15,17H,9,14H2,1-2H3. The third kappa shape index (κ3) is 3.73. The molecule has 1 aromatic heterocycles. The molecule has 0 spiro atoms. The van der Waals surface area contributed by atoms with Gasteiger partial charge in [0.15, 0.2) is 0 Å². The molecule has 0 saturated heterocycles. The Hall–Kier alpha value is -2.06. The van der Waals surface area contributed by atoms with Crippen LogP contribution in [0.2, 0.25) is 0 Å². The van der Waals surface area contributed by atoms with E-state index in [2.05, 4.69) is 15.1 Å². The zero-order valence-electron chi connectivity index (χ0n) is 11.9. The molecule has 8 heteroatoms. The van der Waals surface area contributed by atoms with Gasteiger partial charge in [-0.15, -0.1) is 0 Å². The largest absolute Gasteiger partial charge is 0.397 e. The molecule has 2 rings (SSSR count). The Bertz CT molecular complexity index is 697. The van der Waals surface area contributed by atoms with Crippen molar-refractivity contribution in [3.8, 4) is 0 Å². The van der Waals surface area contributed by atoms with Crippen LogP contribution in [0.1, 0.15) is 6.92 Å². The molecule has 1 atom stereocenters. The SMILES string of the molecule is CNS(=O)(=O)c1ccc(N)c(NC(C)Cn2cccn2)c1. The third-order valence-corrected chi connectivity index (χ3v) is 4.44. The van der Waals surface area contributed by atoms with Crippen LogP contribution in [-0.4, -0.2) is 31.3 Å². The summed E-state index contributed by atoms with van der Waals surface area (Å²) in [5.41, 5.74) is 6.98. The second-order valence-corrected chi connectivity index (χ2v) is 6.62. The highest BCUT2D eigenvalue weighted by Crippen LogP contribution is 2.23. The highest BCUT2D eigenvalue weighted by Gasteiger charge is 2.14. The number of hydrogen-bond acceptors (Lipinski definition) is 5. The van der Waals surface area contributed by atoms with Gasteiger partial charge in [-0.1, -0.05) is 0 Å². The summed E-state index contributed by atoms with van der Waals surface area (Å²) in [6, 6.07) is 6.47. The molecule has 0 bridgehead atoms. The highest BCUT2D eigenvalue weighted by atomic mass is 32.2. The van der Waals surface area contributed by atoms with Crippen molar-refractivity contribution in [1.82, 2.24) is 14.5 Å². The quantitative estimate of drug-likeness (QED) is 0.687. The van der Waals surface area contributed by atoms with Gasteiger partial charge in [0.2, 0.25) is 10.0 Å². The molecule has 0 amide bonds.